The molecule has 0 aliphatic heterocycles. The molecule has 1 rings (SSSR count). The van der Waals surface area contributed by atoms with Crippen molar-refractivity contribution in [3.8, 4) is 0 Å². The Morgan fingerprint density at radius 1 is 1.14 bits per heavy atom. The van der Waals surface area contributed by atoms with E-state index < -0.39 is 0 Å². The van der Waals surface area contributed by atoms with Crippen molar-refractivity contribution in [3.05, 3.63) is 35.9 Å². The second-order valence-electron chi connectivity index (χ2n) is 5.02. The lowest BCUT2D eigenvalue weighted by molar-refractivity contribution is -0.120. The van der Waals surface area contributed by atoms with Crippen molar-refractivity contribution in [2.75, 3.05) is 18.1 Å². The monoisotopic (exact) mass is 344 g/mol. The molecule has 0 heterocycles. The summed E-state index contributed by atoms with van der Waals surface area (Å²) < 4.78 is 0. The van der Waals surface area contributed by atoms with Gasteiger partial charge in [0.1, 0.15) is 0 Å². The maximum atomic E-state index is 12.0. The van der Waals surface area contributed by atoms with Crippen molar-refractivity contribution in [2.24, 2.45) is 5.73 Å². The molecule has 1 aromatic carbocycles. The van der Waals surface area contributed by atoms with Crippen molar-refractivity contribution >= 4 is 35.9 Å². The second-order valence-corrected chi connectivity index (χ2v) is 6.01. The third kappa shape index (κ3) is 6.38. The molecule has 0 fully saturated rings. The van der Waals surface area contributed by atoms with Gasteiger partial charge in [0, 0.05) is 12.1 Å². The Bertz CT molecular complexity index is 456. The minimum atomic E-state index is -0.318. The highest BCUT2D eigenvalue weighted by atomic mass is 35.5. The molecule has 0 spiro atoms. The molecule has 4 nitrogen and oxygen atoms in total. The quantitative estimate of drug-likeness (QED) is 0.675. The van der Waals surface area contributed by atoms with Crippen LogP contribution in [0.25, 0.3) is 0 Å². The van der Waals surface area contributed by atoms with E-state index in [-0.39, 0.29) is 35.4 Å². The van der Waals surface area contributed by atoms with E-state index in [1.54, 1.807) is 12.1 Å². The summed E-state index contributed by atoms with van der Waals surface area (Å²) in [5.41, 5.74) is 6.12. The number of carbonyl (C=O) groups excluding carboxylic acids is 2. The molecule has 0 bridgehead atoms. The van der Waals surface area contributed by atoms with Crippen LogP contribution in [-0.2, 0) is 4.79 Å². The summed E-state index contributed by atoms with van der Waals surface area (Å²) in [4.78, 5) is 23.9. The number of nitrogens with one attached hydrogen (secondary N) is 1. The van der Waals surface area contributed by atoms with E-state index in [0.29, 0.717) is 17.9 Å². The van der Waals surface area contributed by atoms with Crippen LogP contribution < -0.4 is 11.1 Å². The van der Waals surface area contributed by atoms with E-state index in [0.717, 1.165) is 12.8 Å². The molecular formula is C16H25ClN2O2S. The highest BCUT2D eigenvalue weighted by Gasteiger charge is 2.26. The van der Waals surface area contributed by atoms with Crippen LogP contribution in [0.1, 0.15) is 37.0 Å². The van der Waals surface area contributed by atoms with Crippen LogP contribution in [0.3, 0.4) is 0 Å². The maximum absolute atomic E-state index is 12.0. The average Bonchev–Trinajstić information content (AvgIpc) is 2.53. The number of halogens is 1. The lowest BCUT2D eigenvalue weighted by Gasteiger charge is -2.31. The Labute approximate surface area is 143 Å². The first-order chi connectivity index (χ1) is 10.1. The van der Waals surface area contributed by atoms with Crippen molar-refractivity contribution < 1.29 is 9.59 Å². The number of rotatable bonds is 9. The summed E-state index contributed by atoms with van der Waals surface area (Å²) in [6, 6.07) is 9.12. The Kier molecular flexibility index (Phi) is 10.1. The first-order valence-corrected chi connectivity index (χ1v) is 8.39. The van der Waals surface area contributed by atoms with Crippen LogP contribution in [0, 0.1) is 0 Å². The zero-order valence-corrected chi connectivity index (χ0v) is 14.8. The molecule has 0 aliphatic carbocycles. The van der Waals surface area contributed by atoms with E-state index in [2.05, 4.69) is 5.32 Å². The van der Waals surface area contributed by atoms with Crippen molar-refractivity contribution in [3.63, 3.8) is 0 Å². The molecule has 0 unspecified atom stereocenters. The second kappa shape index (κ2) is 10.6. The first kappa shape index (κ1) is 21.0. The summed E-state index contributed by atoms with van der Waals surface area (Å²) >= 11 is 1.33. The lowest BCUT2D eigenvalue weighted by atomic mass is 9.93. The van der Waals surface area contributed by atoms with Gasteiger partial charge in [0.25, 0.3) is 0 Å². The number of amides is 1. The Hall–Kier alpha value is -1.04. The van der Waals surface area contributed by atoms with Crippen molar-refractivity contribution in [2.45, 2.75) is 32.2 Å². The van der Waals surface area contributed by atoms with Crippen LogP contribution >= 0.6 is 24.2 Å². The third-order valence-electron chi connectivity index (χ3n) is 3.71. The van der Waals surface area contributed by atoms with Gasteiger partial charge in [0.05, 0.1) is 17.0 Å². The number of thioether (sulfide) groups is 1. The summed E-state index contributed by atoms with van der Waals surface area (Å²) in [7, 11) is 0. The normalized spacial score (nSPS) is 10.7. The fourth-order valence-electron chi connectivity index (χ4n) is 2.04. The molecule has 0 saturated heterocycles. The zero-order valence-electron chi connectivity index (χ0n) is 13.1. The number of hydrogen-bond acceptors (Lipinski definition) is 4. The Balaban J connectivity index is 0.00000441. The fraction of sp³-hybridized carbons (Fsp3) is 0.500. The molecule has 0 aromatic heterocycles. The number of hydrogen-bond donors (Lipinski definition) is 2. The number of benzene rings is 1. The predicted molar refractivity (Wildman–Crippen MR) is 95.9 cm³/mol. The van der Waals surface area contributed by atoms with Crippen molar-refractivity contribution in [1.29, 1.82) is 0 Å². The topological polar surface area (TPSA) is 72.2 Å². The predicted octanol–water partition coefficient (Wildman–Crippen LogP) is 2.66. The third-order valence-corrected chi connectivity index (χ3v) is 4.64. The van der Waals surface area contributed by atoms with E-state index in [4.69, 9.17) is 5.73 Å². The average molecular weight is 345 g/mol. The number of Topliss-reactive ketones (excluding diaryl/α,β-unsaturated/α-hetero) is 1. The molecule has 0 aliphatic rings. The molecular weight excluding hydrogens is 320 g/mol. The van der Waals surface area contributed by atoms with Gasteiger partial charge in [-0.2, -0.15) is 0 Å². The zero-order chi connectivity index (χ0) is 15.7. The number of nitrogens with two attached hydrogens (primary N) is 1. The summed E-state index contributed by atoms with van der Waals surface area (Å²) in [6.07, 6.45) is 1.61. The van der Waals surface area contributed by atoms with Crippen LogP contribution in [0.4, 0.5) is 0 Å². The van der Waals surface area contributed by atoms with Crippen molar-refractivity contribution in [1.82, 2.24) is 5.32 Å². The summed E-state index contributed by atoms with van der Waals surface area (Å²) in [6.45, 7) is 4.46. The maximum Gasteiger partial charge on any atom is 0.230 e. The minimum Gasteiger partial charge on any atom is -0.349 e. The van der Waals surface area contributed by atoms with Gasteiger partial charge < -0.3 is 11.1 Å². The highest BCUT2D eigenvalue weighted by molar-refractivity contribution is 8.00. The standard InChI is InChI=1S/C16H24N2O2S.ClH/c1-3-16(4-2,12-17)18-15(20)11-21-10-14(19)13-8-6-5-7-9-13;/h5-9H,3-4,10-12,17H2,1-2H3,(H,18,20);1H. The molecule has 3 N–H and O–H groups in total. The van der Waals surface area contributed by atoms with Crippen LogP contribution in [0.5, 0.6) is 0 Å². The smallest absolute Gasteiger partial charge is 0.230 e. The van der Waals surface area contributed by atoms with Crippen LogP contribution in [0.15, 0.2) is 30.3 Å². The number of carbonyl (C=O) groups is 2. The van der Waals surface area contributed by atoms with E-state index in [1.807, 2.05) is 32.0 Å². The Morgan fingerprint density at radius 3 is 2.23 bits per heavy atom. The molecule has 0 saturated carbocycles. The first-order valence-electron chi connectivity index (χ1n) is 7.24. The fourth-order valence-corrected chi connectivity index (χ4v) is 2.75. The van der Waals surface area contributed by atoms with Gasteiger partial charge in [-0.3, -0.25) is 9.59 Å². The summed E-state index contributed by atoms with van der Waals surface area (Å²) in [5, 5.41) is 3.00. The lowest BCUT2D eigenvalue weighted by Crippen LogP contribution is -2.53. The van der Waals surface area contributed by atoms with Gasteiger partial charge in [-0.15, -0.1) is 24.2 Å². The van der Waals surface area contributed by atoms with E-state index in [1.165, 1.54) is 11.8 Å². The van der Waals surface area contributed by atoms with Gasteiger partial charge in [0.2, 0.25) is 5.91 Å². The Morgan fingerprint density at radius 2 is 1.73 bits per heavy atom. The van der Waals surface area contributed by atoms with Crippen LogP contribution in [-0.4, -0.2) is 35.3 Å². The molecule has 0 radical (unpaired) electrons. The van der Waals surface area contributed by atoms with E-state index >= 15 is 0 Å². The van der Waals surface area contributed by atoms with Gasteiger partial charge in [0.15, 0.2) is 5.78 Å². The SMILES string of the molecule is CCC(CC)(CN)NC(=O)CSCC(=O)c1ccccc1.Cl. The van der Waals surface area contributed by atoms with E-state index in [9.17, 15) is 9.59 Å². The van der Waals surface area contributed by atoms with Gasteiger partial charge in [-0.1, -0.05) is 44.2 Å². The van der Waals surface area contributed by atoms with Gasteiger partial charge >= 0.3 is 0 Å². The largest absolute Gasteiger partial charge is 0.349 e. The van der Waals surface area contributed by atoms with Crippen LogP contribution in [0.2, 0.25) is 0 Å². The molecule has 22 heavy (non-hydrogen) atoms. The summed E-state index contributed by atoms with van der Waals surface area (Å²) in [5.74, 6) is 0.575. The van der Waals surface area contributed by atoms with Gasteiger partial charge in [-0.25, -0.2) is 0 Å². The molecule has 1 amide bonds. The molecule has 124 valence electrons. The molecule has 1 aromatic rings. The highest BCUT2D eigenvalue weighted by Crippen LogP contribution is 2.14. The molecule has 0 atom stereocenters. The minimum absolute atomic E-state index is 0. The number of ketones is 1. The van der Waals surface area contributed by atoms with Gasteiger partial charge in [-0.05, 0) is 12.8 Å². The molecule has 6 heteroatoms.